The van der Waals surface area contributed by atoms with Gasteiger partial charge < -0.3 is 14.9 Å². The molecule has 0 aromatic heterocycles. The molecule has 0 aliphatic heterocycles. The Morgan fingerprint density at radius 2 is 1.95 bits per heavy atom. The highest BCUT2D eigenvalue weighted by Crippen LogP contribution is 2.35. The lowest BCUT2D eigenvalue weighted by atomic mass is 10.0. The molecule has 1 aromatic carbocycles. The third-order valence-electron chi connectivity index (χ3n) is 3.36. The van der Waals surface area contributed by atoms with Gasteiger partial charge in [-0.2, -0.15) is 0 Å². The first-order valence-corrected chi connectivity index (χ1v) is 7.21. The Kier molecular flexibility index (Phi) is 5.70. The van der Waals surface area contributed by atoms with Crippen LogP contribution in [0.1, 0.15) is 16.7 Å². The number of ether oxygens (including phenoxy) is 1. The molecule has 1 rings (SSSR count). The fourth-order valence-electron chi connectivity index (χ4n) is 2.18. The molecule has 0 bridgehead atoms. The summed E-state index contributed by atoms with van der Waals surface area (Å²) < 4.78 is 27.1. The van der Waals surface area contributed by atoms with Gasteiger partial charge in [-0.1, -0.05) is 0 Å². The smallest absolute Gasteiger partial charge is 0.329 e. The van der Waals surface area contributed by atoms with Crippen molar-refractivity contribution in [3.8, 4) is 5.75 Å². The number of hydrogen-bond acceptors (Lipinski definition) is 4. The molecule has 7 nitrogen and oxygen atoms in total. The number of aryl methyl sites for hydroxylation is 1. The first-order chi connectivity index (χ1) is 9.76. The van der Waals surface area contributed by atoms with Crippen LogP contribution in [0.2, 0.25) is 0 Å². The molecule has 0 aliphatic carbocycles. The molecular weight excluding hydrogens is 298 g/mol. The van der Waals surface area contributed by atoms with Gasteiger partial charge in [0.25, 0.3) is 11.3 Å². The van der Waals surface area contributed by atoms with Crippen molar-refractivity contribution in [2.45, 2.75) is 26.8 Å². The van der Waals surface area contributed by atoms with E-state index in [1.54, 1.807) is 26.8 Å². The number of carbonyl (C=O) groups is 1. The Labute approximate surface area is 125 Å². The van der Waals surface area contributed by atoms with E-state index in [4.69, 9.17) is 9.84 Å². The first kappa shape index (κ1) is 17.4. The van der Waals surface area contributed by atoms with Crippen LogP contribution < -0.4 is 9.04 Å². The van der Waals surface area contributed by atoms with Crippen molar-refractivity contribution >= 4 is 22.9 Å². The number of rotatable bonds is 6. The highest BCUT2D eigenvalue weighted by atomic mass is 32.2. The van der Waals surface area contributed by atoms with Crippen LogP contribution in [0.4, 0.5) is 5.69 Å². The maximum Gasteiger partial charge on any atom is 0.329 e. The molecule has 0 spiro atoms. The summed E-state index contributed by atoms with van der Waals surface area (Å²) in [6, 6.07) is 0.148. The zero-order chi connectivity index (χ0) is 16.3. The predicted molar refractivity (Wildman–Crippen MR) is 79.0 cm³/mol. The van der Waals surface area contributed by atoms with Crippen LogP contribution in [-0.2, 0) is 16.1 Å². The number of benzene rings is 1. The Morgan fingerprint density at radius 1 is 1.38 bits per heavy atom. The quantitative estimate of drug-likeness (QED) is 0.676. The lowest BCUT2D eigenvalue weighted by Gasteiger charge is -2.29. The topological polar surface area (TPSA) is 107 Å². The molecule has 3 N–H and O–H groups in total. The minimum absolute atomic E-state index is 0.301. The molecule has 0 saturated heterocycles. The molecule has 8 heteroatoms. The second-order valence-corrected chi connectivity index (χ2v) is 5.44. The van der Waals surface area contributed by atoms with Crippen LogP contribution in [0, 0.1) is 20.8 Å². The zero-order valence-electron chi connectivity index (χ0n) is 12.3. The summed E-state index contributed by atoms with van der Waals surface area (Å²) in [7, 11) is 1.51. The molecule has 0 aliphatic rings. The largest absolute Gasteiger partial charge is 0.496 e. The third-order valence-corrected chi connectivity index (χ3v) is 4.13. The molecule has 2 unspecified atom stereocenters. The van der Waals surface area contributed by atoms with Gasteiger partial charge in [-0.05, 0) is 43.5 Å². The van der Waals surface area contributed by atoms with E-state index in [0.717, 1.165) is 9.87 Å². The molecule has 0 heterocycles. The number of aliphatic carboxylic acids is 1. The third kappa shape index (κ3) is 3.34. The normalized spacial score (nSPS) is 13.6. The summed E-state index contributed by atoms with van der Waals surface area (Å²) in [6.07, 6.45) is 0. The monoisotopic (exact) mass is 317 g/mol. The molecular formula is C13H19NO6S. The number of methoxy groups -OCH3 is 1. The van der Waals surface area contributed by atoms with Crippen molar-refractivity contribution < 1.29 is 28.5 Å². The van der Waals surface area contributed by atoms with Gasteiger partial charge in [-0.15, -0.1) is 0 Å². The number of anilines is 1. The van der Waals surface area contributed by atoms with Crippen LogP contribution in [0.25, 0.3) is 0 Å². The van der Waals surface area contributed by atoms with Crippen molar-refractivity contribution in [3.63, 3.8) is 0 Å². The van der Waals surface area contributed by atoms with Gasteiger partial charge in [0.1, 0.15) is 5.75 Å². The van der Waals surface area contributed by atoms with E-state index in [-0.39, 0.29) is 0 Å². The standard InChI is InChI=1S/C13H19NO6S/c1-7-5-11(20-4)8(2)9(3)12(7)14(21(18)19)10(6-15)13(16)17/h5,10,15H,6H2,1-4H3,(H,16,17)(H,18,19). The van der Waals surface area contributed by atoms with Crippen LogP contribution in [0.5, 0.6) is 5.75 Å². The van der Waals surface area contributed by atoms with Gasteiger partial charge in [0.2, 0.25) is 0 Å². The Hall–Kier alpha value is -1.64. The highest BCUT2D eigenvalue weighted by Gasteiger charge is 2.32. The minimum atomic E-state index is -2.59. The van der Waals surface area contributed by atoms with Crippen LogP contribution in [0.15, 0.2) is 6.07 Å². The molecule has 0 amide bonds. The SMILES string of the molecule is COc1cc(C)c(N(C(CO)C(=O)O)S(=O)O)c(C)c1C. The number of carboxylic acids is 1. The Bertz CT molecular complexity index is 574. The van der Waals surface area contributed by atoms with Crippen molar-refractivity contribution in [1.29, 1.82) is 0 Å². The average Bonchev–Trinajstić information content (AvgIpc) is 2.41. The molecule has 2 atom stereocenters. The Morgan fingerprint density at radius 3 is 2.33 bits per heavy atom. The highest BCUT2D eigenvalue weighted by molar-refractivity contribution is 7.80. The van der Waals surface area contributed by atoms with Crippen molar-refractivity contribution in [2.24, 2.45) is 0 Å². The first-order valence-electron chi connectivity index (χ1n) is 6.14. The fourth-order valence-corrected chi connectivity index (χ4v) is 2.99. The van der Waals surface area contributed by atoms with E-state index < -0.39 is 29.9 Å². The zero-order valence-corrected chi connectivity index (χ0v) is 13.1. The van der Waals surface area contributed by atoms with Gasteiger partial charge in [-0.3, -0.25) is 8.86 Å². The maximum absolute atomic E-state index is 11.6. The molecule has 0 saturated carbocycles. The summed E-state index contributed by atoms with van der Waals surface area (Å²) in [5, 5.41) is 18.4. The van der Waals surface area contributed by atoms with Crippen LogP contribution in [-0.4, -0.2) is 44.7 Å². The predicted octanol–water partition coefficient (Wildman–Crippen LogP) is 1.01. The van der Waals surface area contributed by atoms with Crippen LogP contribution >= 0.6 is 0 Å². The van der Waals surface area contributed by atoms with E-state index >= 15 is 0 Å². The molecule has 21 heavy (non-hydrogen) atoms. The van der Waals surface area contributed by atoms with Crippen molar-refractivity contribution in [1.82, 2.24) is 0 Å². The van der Waals surface area contributed by atoms with E-state index in [2.05, 4.69) is 0 Å². The van der Waals surface area contributed by atoms with Gasteiger partial charge in [0.15, 0.2) is 6.04 Å². The number of carboxylic acid groups (broad SMARTS) is 1. The van der Waals surface area contributed by atoms with Crippen molar-refractivity contribution in [2.75, 3.05) is 18.0 Å². The van der Waals surface area contributed by atoms with Crippen molar-refractivity contribution in [3.05, 3.63) is 22.8 Å². The summed E-state index contributed by atoms with van der Waals surface area (Å²) in [6.45, 7) is 4.37. The summed E-state index contributed by atoms with van der Waals surface area (Å²) >= 11 is -2.59. The average molecular weight is 317 g/mol. The van der Waals surface area contributed by atoms with Crippen LogP contribution in [0.3, 0.4) is 0 Å². The van der Waals surface area contributed by atoms with E-state index in [1.165, 1.54) is 7.11 Å². The summed E-state index contributed by atoms with van der Waals surface area (Å²) in [4.78, 5) is 11.2. The number of hydrogen-bond donors (Lipinski definition) is 3. The lowest BCUT2D eigenvalue weighted by molar-refractivity contribution is -0.139. The molecule has 118 valence electrons. The second-order valence-electron chi connectivity index (χ2n) is 4.59. The molecule has 0 fully saturated rings. The number of aliphatic hydroxyl groups is 1. The fraction of sp³-hybridized carbons (Fsp3) is 0.462. The van der Waals surface area contributed by atoms with E-state index in [0.29, 0.717) is 22.6 Å². The van der Waals surface area contributed by atoms with Gasteiger partial charge in [0.05, 0.1) is 19.4 Å². The minimum Gasteiger partial charge on any atom is -0.496 e. The van der Waals surface area contributed by atoms with Gasteiger partial charge >= 0.3 is 5.97 Å². The number of aliphatic hydroxyl groups excluding tert-OH is 1. The summed E-state index contributed by atoms with van der Waals surface area (Å²) in [5.41, 5.74) is 2.23. The summed E-state index contributed by atoms with van der Waals surface area (Å²) in [5.74, 6) is -0.777. The number of nitrogens with zero attached hydrogens (tertiary/aromatic N) is 1. The molecule has 0 radical (unpaired) electrons. The lowest BCUT2D eigenvalue weighted by Crippen LogP contribution is -2.45. The van der Waals surface area contributed by atoms with Gasteiger partial charge in [-0.25, -0.2) is 9.00 Å². The van der Waals surface area contributed by atoms with Gasteiger partial charge in [0, 0.05) is 0 Å². The molecule has 1 aromatic rings. The maximum atomic E-state index is 11.6. The Balaban J connectivity index is 3.57. The van der Waals surface area contributed by atoms with E-state index in [1.807, 2.05) is 0 Å². The second kappa shape index (κ2) is 6.88. The van der Waals surface area contributed by atoms with E-state index in [9.17, 15) is 18.7 Å².